The van der Waals surface area contributed by atoms with Gasteiger partial charge >= 0.3 is 0 Å². The van der Waals surface area contributed by atoms with Gasteiger partial charge in [0.05, 0.1) is 24.2 Å². The number of methoxy groups -OCH3 is 1. The van der Waals surface area contributed by atoms with Crippen LogP contribution in [0.25, 0.3) is 0 Å². The zero-order valence-corrected chi connectivity index (χ0v) is 16.2. The van der Waals surface area contributed by atoms with Crippen molar-refractivity contribution in [2.45, 2.75) is 36.6 Å². The van der Waals surface area contributed by atoms with E-state index in [1.165, 1.54) is 7.11 Å². The average molecular weight is 376 g/mol. The third kappa shape index (κ3) is 4.54. The van der Waals surface area contributed by atoms with Crippen LogP contribution in [-0.2, 0) is 14.6 Å². The number of nitrogens with one attached hydrogen (secondary N) is 2. The molecule has 0 saturated carbocycles. The summed E-state index contributed by atoms with van der Waals surface area (Å²) in [7, 11) is -2.34. The summed E-state index contributed by atoms with van der Waals surface area (Å²) in [6, 6.07) is 11.5. The molecule has 2 aromatic rings. The minimum absolute atomic E-state index is 0.0167. The van der Waals surface area contributed by atoms with Gasteiger partial charge in [-0.25, -0.2) is 8.42 Å². The molecule has 6 nitrogen and oxygen atoms in total. The summed E-state index contributed by atoms with van der Waals surface area (Å²) in [4.78, 5) is 12.1. The summed E-state index contributed by atoms with van der Waals surface area (Å²) in [6.45, 7) is 5.55. The van der Waals surface area contributed by atoms with Gasteiger partial charge in [-0.3, -0.25) is 4.79 Å². The van der Waals surface area contributed by atoms with Gasteiger partial charge in [-0.05, 0) is 50.6 Å². The molecule has 2 rings (SSSR count). The van der Waals surface area contributed by atoms with E-state index in [4.69, 9.17) is 4.74 Å². The van der Waals surface area contributed by atoms with E-state index in [2.05, 4.69) is 10.6 Å². The van der Waals surface area contributed by atoms with Gasteiger partial charge in [0.15, 0.2) is 5.75 Å². The summed E-state index contributed by atoms with van der Waals surface area (Å²) >= 11 is 0. The van der Waals surface area contributed by atoms with Crippen molar-refractivity contribution < 1.29 is 17.9 Å². The van der Waals surface area contributed by atoms with E-state index in [-0.39, 0.29) is 34.0 Å². The van der Waals surface area contributed by atoms with Crippen LogP contribution in [0.5, 0.6) is 5.75 Å². The molecule has 0 atom stereocenters. The average Bonchev–Trinajstić information content (AvgIpc) is 2.59. The summed E-state index contributed by atoms with van der Waals surface area (Å²) in [5.41, 5.74) is 1.20. The van der Waals surface area contributed by atoms with E-state index < -0.39 is 9.84 Å². The van der Waals surface area contributed by atoms with Crippen molar-refractivity contribution in [3.05, 3.63) is 48.0 Å². The van der Waals surface area contributed by atoms with E-state index in [0.29, 0.717) is 5.69 Å². The summed E-state index contributed by atoms with van der Waals surface area (Å²) in [6.07, 6.45) is 0. The Hall–Kier alpha value is -2.54. The summed E-state index contributed by atoms with van der Waals surface area (Å²) < 4.78 is 31.4. The molecule has 0 aromatic heterocycles. The van der Waals surface area contributed by atoms with E-state index in [0.717, 1.165) is 5.56 Å². The van der Waals surface area contributed by atoms with Crippen LogP contribution < -0.4 is 15.4 Å². The number of anilines is 1. The van der Waals surface area contributed by atoms with E-state index >= 15 is 0 Å². The summed E-state index contributed by atoms with van der Waals surface area (Å²) in [5.74, 6) is 0.00725. The van der Waals surface area contributed by atoms with Crippen LogP contribution in [0.1, 0.15) is 19.4 Å². The van der Waals surface area contributed by atoms with Gasteiger partial charge in [-0.15, -0.1) is 0 Å². The van der Waals surface area contributed by atoms with Crippen molar-refractivity contribution in [1.29, 1.82) is 0 Å². The quantitative estimate of drug-likeness (QED) is 0.776. The maximum absolute atomic E-state index is 13.0. The van der Waals surface area contributed by atoms with Crippen LogP contribution in [0.3, 0.4) is 0 Å². The molecule has 0 aliphatic rings. The maximum Gasteiger partial charge on any atom is 0.239 e. The highest BCUT2D eigenvalue weighted by Crippen LogP contribution is 2.36. The molecule has 0 aliphatic heterocycles. The fourth-order valence-electron chi connectivity index (χ4n) is 2.56. The highest BCUT2D eigenvalue weighted by molar-refractivity contribution is 7.91. The first-order valence-electron chi connectivity index (χ1n) is 8.27. The Morgan fingerprint density at radius 1 is 1.15 bits per heavy atom. The molecule has 0 fully saturated rings. The molecule has 0 saturated heterocycles. The van der Waals surface area contributed by atoms with Gasteiger partial charge in [0, 0.05) is 6.04 Å². The van der Waals surface area contributed by atoms with Gasteiger partial charge in [-0.1, -0.05) is 18.2 Å². The number of rotatable bonds is 7. The van der Waals surface area contributed by atoms with Crippen LogP contribution in [0.4, 0.5) is 5.69 Å². The molecular formula is C19H24N2O4S. The molecule has 7 heteroatoms. The number of benzene rings is 2. The highest BCUT2D eigenvalue weighted by Gasteiger charge is 2.25. The van der Waals surface area contributed by atoms with Crippen molar-refractivity contribution in [2.24, 2.45) is 0 Å². The number of sulfone groups is 1. The zero-order chi connectivity index (χ0) is 19.3. The molecule has 140 valence electrons. The largest absolute Gasteiger partial charge is 0.493 e. The summed E-state index contributed by atoms with van der Waals surface area (Å²) in [5, 5.41) is 5.75. The molecule has 0 bridgehead atoms. The van der Waals surface area contributed by atoms with Gasteiger partial charge < -0.3 is 15.4 Å². The third-order valence-electron chi connectivity index (χ3n) is 3.64. The van der Waals surface area contributed by atoms with Gasteiger partial charge in [0.2, 0.25) is 15.7 Å². The van der Waals surface area contributed by atoms with Crippen LogP contribution in [-0.4, -0.2) is 34.0 Å². The van der Waals surface area contributed by atoms with Crippen molar-refractivity contribution >= 4 is 21.4 Å². The van der Waals surface area contributed by atoms with Crippen molar-refractivity contribution in [1.82, 2.24) is 5.32 Å². The normalized spacial score (nSPS) is 11.3. The van der Waals surface area contributed by atoms with Crippen LogP contribution >= 0.6 is 0 Å². The third-order valence-corrected chi connectivity index (χ3v) is 5.41. The second kappa shape index (κ2) is 8.23. The number of aryl methyl sites for hydroxylation is 1. The number of carbonyl (C=O) groups is 1. The smallest absolute Gasteiger partial charge is 0.239 e. The lowest BCUT2D eigenvalue weighted by Gasteiger charge is -2.17. The topological polar surface area (TPSA) is 84.5 Å². The van der Waals surface area contributed by atoms with Crippen molar-refractivity contribution in [3.8, 4) is 5.75 Å². The maximum atomic E-state index is 13.0. The Morgan fingerprint density at radius 3 is 2.38 bits per heavy atom. The standard InChI is InChI=1S/C19H24N2O4S/c1-13(2)21-18(22)12-20-16-10-14(3)11-17(19(16)25-4)26(23,24)15-8-6-5-7-9-15/h5-11,13,20H,12H2,1-4H3,(H,21,22). The molecule has 0 heterocycles. The van der Waals surface area contributed by atoms with Crippen LogP contribution in [0, 0.1) is 6.92 Å². The van der Waals surface area contributed by atoms with Gasteiger partial charge in [-0.2, -0.15) is 0 Å². The number of hydrogen-bond acceptors (Lipinski definition) is 5. The van der Waals surface area contributed by atoms with Crippen LogP contribution in [0.15, 0.2) is 52.3 Å². The molecule has 26 heavy (non-hydrogen) atoms. The van der Waals surface area contributed by atoms with E-state index in [1.54, 1.807) is 49.4 Å². The Bertz CT molecular complexity index is 878. The van der Waals surface area contributed by atoms with Gasteiger partial charge in [0.1, 0.15) is 4.90 Å². The van der Waals surface area contributed by atoms with E-state index in [9.17, 15) is 13.2 Å². The van der Waals surface area contributed by atoms with E-state index in [1.807, 2.05) is 13.8 Å². The number of amides is 1. The number of hydrogen-bond donors (Lipinski definition) is 2. The molecule has 0 unspecified atom stereocenters. The Balaban J connectivity index is 2.43. The Labute approximate surface area is 154 Å². The molecular weight excluding hydrogens is 352 g/mol. The lowest BCUT2D eigenvalue weighted by molar-refractivity contribution is -0.119. The molecule has 0 spiro atoms. The van der Waals surface area contributed by atoms with Crippen molar-refractivity contribution in [2.75, 3.05) is 19.0 Å². The zero-order valence-electron chi connectivity index (χ0n) is 15.4. The van der Waals surface area contributed by atoms with Crippen LogP contribution in [0.2, 0.25) is 0 Å². The Kier molecular flexibility index (Phi) is 6.26. The number of carbonyl (C=O) groups excluding carboxylic acids is 1. The van der Waals surface area contributed by atoms with Crippen molar-refractivity contribution in [3.63, 3.8) is 0 Å². The first-order chi connectivity index (χ1) is 12.3. The molecule has 0 aliphatic carbocycles. The number of ether oxygens (including phenoxy) is 1. The molecule has 2 N–H and O–H groups in total. The first kappa shape index (κ1) is 19.8. The monoisotopic (exact) mass is 376 g/mol. The minimum Gasteiger partial charge on any atom is -0.493 e. The predicted molar refractivity (Wildman–Crippen MR) is 101 cm³/mol. The second-order valence-corrected chi connectivity index (χ2v) is 8.15. The predicted octanol–water partition coefficient (Wildman–Crippen LogP) is 2.77. The van der Waals surface area contributed by atoms with Gasteiger partial charge in [0.25, 0.3) is 0 Å². The fourth-order valence-corrected chi connectivity index (χ4v) is 4.10. The lowest BCUT2D eigenvalue weighted by Crippen LogP contribution is -2.34. The fraction of sp³-hybridized carbons (Fsp3) is 0.316. The second-order valence-electron chi connectivity index (χ2n) is 6.24. The molecule has 0 radical (unpaired) electrons. The SMILES string of the molecule is COc1c(NCC(=O)NC(C)C)cc(C)cc1S(=O)(=O)c1ccccc1. The minimum atomic E-state index is -3.75. The highest BCUT2D eigenvalue weighted by atomic mass is 32.2. The molecule has 2 aromatic carbocycles. The molecule has 1 amide bonds. The lowest BCUT2D eigenvalue weighted by atomic mass is 10.2. The Morgan fingerprint density at radius 2 is 1.81 bits per heavy atom. The first-order valence-corrected chi connectivity index (χ1v) is 9.76.